The van der Waals surface area contributed by atoms with Gasteiger partial charge in [0.25, 0.3) is 0 Å². The van der Waals surface area contributed by atoms with Gasteiger partial charge in [0.1, 0.15) is 6.10 Å². The third kappa shape index (κ3) is 3.30. The van der Waals surface area contributed by atoms with E-state index in [1.165, 1.54) is 49.0 Å². The molecule has 0 atom stereocenters. The predicted molar refractivity (Wildman–Crippen MR) is 115 cm³/mol. The van der Waals surface area contributed by atoms with Crippen LogP contribution in [-0.4, -0.2) is 16.8 Å². The van der Waals surface area contributed by atoms with Crippen molar-refractivity contribution in [3.63, 3.8) is 0 Å². The van der Waals surface area contributed by atoms with Crippen LogP contribution in [0.4, 0.5) is 0 Å². The van der Waals surface area contributed by atoms with E-state index >= 15 is 0 Å². The van der Waals surface area contributed by atoms with Crippen molar-refractivity contribution in [1.82, 2.24) is 0 Å². The molecule has 0 aliphatic heterocycles. The predicted octanol–water partition coefficient (Wildman–Crippen LogP) is 5.27. The molecule has 0 aromatic heterocycles. The number of hydrogen-bond acceptors (Lipinski definition) is 1. The zero-order chi connectivity index (χ0) is 17.8. The molecule has 4 rings (SSSR count). The maximum absolute atomic E-state index is 6.49. The van der Waals surface area contributed by atoms with Gasteiger partial charge in [-0.15, -0.1) is 0 Å². The van der Waals surface area contributed by atoms with Crippen molar-refractivity contribution in [2.24, 2.45) is 0 Å². The molecule has 1 nitrogen and oxygen atoms in total. The highest BCUT2D eigenvalue weighted by molar-refractivity contribution is 6.08. The molecular formula is C24H24OSi. The molecule has 0 unspecified atom stereocenters. The van der Waals surface area contributed by atoms with Crippen LogP contribution < -0.4 is 0 Å². The van der Waals surface area contributed by atoms with E-state index < -0.39 is 0 Å². The van der Waals surface area contributed by atoms with E-state index in [9.17, 15) is 0 Å². The number of fused-ring (bicyclic) bond motifs is 2. The number of benzene rings is 4. The minimum Gasteiger partial charge on any atom is -0.369 e. The SMILES string of the molecule is [SiH3]CCCOC(c1cccc2ccccc12)c1cccc2ccccc12. The van der Waals surface area contributed by atoms with Gasteiger partial charge in [-0.05, 0) is 39.1 Å². The maximum atomic E-state index is 6.49. The maximum Gasteiger partial charge on any atom is 0.109 e. The summed E-state index contributed by atoms with van der Waals surface area (Å²) in [6.45, 7) is 0.806. The van der Waals surface area contributed by atoms with Crippen molar-refractivity contribution in [2.75, 3.05) is 6.61 Å². The van der Waals surface area contributed by atoms with Crippen LogP contribution in [0.1, 0.15) is 23.7 Å². The molecule has 0 N–H and O–H groups in total. The Hall–Kier alpha value is -2.42. The van der Waals surface area contributed by atoms with Gasteiger partial charge >= 0.3 is 0 Å². The second-order valence-corrected chi connectivity index (χ2v) is 7.74. The van der Waals surface area contributed by atoms with Crippen LogP contribution in [0.3, 0.4) is 0 Å². The van der Waals surface area contributed by atoms with E-state index in [2.05, 4.69) is 84.9 Å². The van der Waals surface area contributed by atoms with E-state index in [1.54, 1.807) is 0 Å². The van der Waals surface area contributed by atoms with Crippen LogP contribution in [-0.2, 0) is 4.74 Å². The molecule has 0 aliphatic rings. The summed E-state index contributed by atoms with van der Waals surface area (Å²) in [5.41, 5.74) is 2.51. The summed E-state index contributed by atoms with van der Waals surface area (Å²) in [4.78, 5) is 0. The largest absolute Gasteiger partial charge is 0.369 e. The molecule has 2 heteroatoms. The molecule has 0 amide bonds. The van der Waals surface area contributed by atoms with Gasteiger partial charge in [-0.3, -0.25) is 0 Å². The van der Waals surface area contributed by atoms with Gasteiger partial charge in [0, 0.05) is 16.8 Å². The standard InChI is InChI=1S/C24H24OSi/c26-17-7-16-25-24(22-14-5-10-18-8-1-3-12-20(18)22)23-15-6-11-19-9-2-4-13-21(19)23/h1-6,8-15,24H,7,16-17H2,26H3. The number of rotatable bonds is 6. The quantitative estimate of drug-likeness (QED) is 0.338. The highest BCUT2D eigenvalue weighted by Crippen LogP contribution is 2.35. The average Bonchev–Trinajstić information content (AvgIpc) is 2.71. The third-order valence-corrected chi connectivity index (χ3v) is 5.70. The van der Waals surface area contributed by atoms with E-state index in [4.69, 9.17) is 4.74 Å². The van der Waals surface area contributed by atoms with Gasteiger partial charge in [0.2, 0.25) is 0 Å². The van der Waals surface area contributed by atoms with Crippen LogP contribution in [0.25, 0.3) is 21.5 Å². The smallest absolute Gasteiger partial charge is 0.109 e. The molecule has 26 heavy (non-hydrogen) atoms. The first kappa shape index (κ1) is 17.0. The molecule has 0 saturated heterocycles. The summed E-state index contributed by atoms with van der Waals surface area (Å²) in [6.07, 6.45) is 1.10. The van der Waals surface area contributed by atoms with Crippen molar-refractivity contribution >= 4 is 31.8 Å². The zero-order valence-corrected chi connectivity index (χ0v) is 17.2. The summed E-state index contributed by atoms with van der Waals surface area (Å²) in [6, 6.07) is 31.6. The average molecular weight is 357 g/mol. The Labute approximate surface area is 158 Å². The van der Waals surface area contributed by atoms with Gasteiger partial charge in [0.05, 0.1) is 0 Å². The summed E-state index contributed by atoms with van der Waals surface area (Å²) in [5.74, 6) is 0. The van der Waals surface area contributed by atoms with Crippen molar-refractivity contribution in [3.05, 3.63) is 96.1 Å². The van der Waals surface area contributed by atoms with Crippen LogP contribution in [0.2, 0.25) is 6.04 Å². The van der Waals surface area contributed by atoms with Crippen LogP contribution in [0.5, 0.6) is 0 Å². The Kier molecular flexibility index (Phi) is 5.14. The summed E-state index contributed by atoms with van der Waals surface area (Å²) in [7, 11) is 1.23. The highest BCUT2D eigenvalue weighted by Gasteiger charge is 2.19. The minimum atomic E-state index is -0.0413. The van der Waals surface area contributed by atoms with E-state index in [0.717, 1.165) is 13.0 Å². The van der Waals surface area contributed by atoms with Crippen LogP contribution >= 0.6 is 0 Å². The van der Waals surface area contributed by atoms with E-state index in [-0.39, 0.29) is 6.10 Å². The second-order valence-electron chi connectivity index (χ2n) is 6.74. The number of hydrogen-bond donors (Lipinski definition) is 0. The zero-order valence-electron chi connectivity index (χ0n) is 15.2. The Bertz CT molecular complexity index is 935. The molecule has 4 aromatic rings. The topological polar surface area (TPSA) is 9.23 Å². The monoisotopic (exact) mass is 356 g/mol. The van der Waals surface area contributed by atoms with Gasteiger partial charge in [-0.25, -0.2) is 0 Å². The Balaban J connectivity index is 1.89. The number of ether oxygens (including phenoxy) is 1. The molecule has 0 heterocycles. The fourth-order valence-electron chi connectivity index (χ4n) is 3.65. The van der Waals surface area contributed by atoms with E-state index in [1.807, 2.05) is 0 Å². The first-order valence-electron chi connectivity index (χ1n) is 9.45. The Morgan fingerprint density at radius 3 is 1.69 bits per heavy atom. The molecular weight excluding hydrogens is 332 g/mol. The lowest BCUT2D eigenvalue weighted by atomic mass is 9.92. The van der Waals surface area contributed by atoms with Gasteiger partial charge < -0.3 is 4.74 Å². The molecule has 0 spiro atoms. The lowest BCUT2D eigenvalue weighted by Gasteiger charge is -2.22. The first-order chi connectivity index (χ1) is 12.9. The summed E-state index contributed by atoms with van der Waals surface area (Å²) in [5, 5.41) is 5.08. The summed E-state index contributed by atoms with van der Waals surface area (Å²) >= 11 is 0. The molecule has 0 saturated carbocycles. The molecule has 4 aromatic carbocycles. The van der Waals surface area contributed by atoms with Gasteiger partial charge in [-0.2, -0.15) is 0 Å². The van der Waals surface area contributed by atoms with E-state index in [0.29, 0.717) is 0 Å². The molecule has 0 fully saturated rings. The van der Waals surface area contributed by atoms with Crippen molar-refractivity contribution in [2.45, 2.75) is 18.6 Å². The highest BCUT2D eigenvalue weighted by atomic mass is 28.1. The normalized spacial score (nSPS) is 11.6. The van der Waals surface area contributed by atoms with Crippen molar-refractivity contribution in [1.29, 1.82) is 0 Å². The minimum absolute atomic E-state index is 0.0413. The molecule has 0 radical (unpaired) electrons. The first-order valence-corrected chi connectivity index (χ1v) is 10.9. The lowest BCUT2D eigenvalue weighted by molar-refractivity contribution is 0.0826. The third-order valence-electron chi connectivity index (χ3n) is 4.99. The molecule has 130 valence electrons. The Morgan fingerprint density at radius 1 is 0.654 bits per heavy atom. The Morgan fingerprint density at radius 2 is 1.15 bits per heavy atom. The van der Waals surface area contributed by atoms with Crippen LogP contribution in [0, 0.1) is 0 Å². The van der Waals surface area contributed by atoms with Gasteiger partial charge in [0.15, 0.2) is 0 Å². The molecule has 0 bridgehead atoms. The van der Waals surface area contributed by atoms with Crippen molar-refractivity contribution in [3.8, 4) is 0 Å². The fourth-order valence-corrected chi connectivity index (χ4v) is 3.94. The second kappa shape index (κ2) is 7.86. The van der Waals surface area contributed by atoms with Crippen LogP contribution in [0.15, 0.2) is 84.9 Å². The fraction of sp³-hybridized carbons (Fsp3) is 0.167. The van der Waals surface area contributed by atoms with Crippen molar-refractivity contribution < 1.29 is 4.74 Å². The summed E-state index contributed by atoms with van der Waals surface area (Å²) < 4.78 is 6.49. The lowest BCUT2D eigenvalue weighted by Crippen LogP contribution is -2.09. The molecule has 0 aliphatic carbocycles. The van der Waals surface area contributed by atoms with Gasteiger partial charge in [-0.1, -0.05) is 91.0 Å².